The molecule has 10 heteroatoms. The minimum atomic E-state index is -4.45. The van der Waals surface area contributed by atoms with Crippen molar-refractivity contribution in [2.24, 2.45) is 0 Å². The first-order chi connectivity index (χ1) is 14.7. The molecule has 0 atom stereocenters. The average Bonchev–Trinajstić information content (AvgIpc) is 3.21. The molecule has 0 unspecified atom stereocenters. The van der Waals surface area contributed by atoms with E-state index < -0.39 is 21.8 Å². The Balaban J connectivity index is 1.79. The standard InChI is InChI=1S/C21H15F3N2O3S2/c1-25-31(27,28)16-7-8-19(29-15-5-3-14(4-6-15)21(22,23)24)17(11-16)13-2-9-20-18(10-13)26-12-30-20/h2-12,25H,1H3. The van der Waals surface area contributed by atoms with Crippen molar-refractivity contribution in [3.05, 3.63) is 71.7 Å². The molecule has 4 aromatic rings. The maximum atomic E-state index is 12.8. The van der Waals surface area contributed by atoms with E-state index in [1.807, 2.05) is 12.1 Å². The van der Waals surface area contributed by atoms with E-state index in [2.05, 4.69) is 9.71 Å². The summed E-state index contributed by atoms with van der Waals surface area (Å²) >= 11 is 1.47. The van der Waals surface area contributed by atoms with Gasteiger partial charge in [-0.05, 0) is 67.2 Å². The van der Waals surface area contributed by atoms with Crippen molar-refractivity contribution in [3.8, 4) is 22.6 Å². The summed E-state index contributed by atoms with van der Waals surface area (Å²) < 4.78 is 72.1. The molecular weight excluding hydrogens is 449 g/mol. The second kappa shape index (κ2) is 7.95. The fourth-order valence-electron chi connectivity index (χ4n) is 2.97. The Morgan fingerprint density at radius 3 is 2.42 bits per heavy atom. The Bertz CT molecular complexity index is 1350. The maximum Gasteiger partial charge on any atom is 0.416 e. The molecule has 5 nitrogen and oxygen atoms in total. The van der Waals surface area contributed by atoms with Crippen LogP contribution in [-0.4, -0.2) is 20.4 Å². The van der Waals surface area contributed by atoms with Crippen LogP contribution < -0.4 is 9.46 Å². The first kappa shape index (κ1) is 21.3. The molecule has 0 radical (unpaired) electrons. The zero-order chi connectivity index (χ0) is 22.2. The Labute approximate surface area is 180 Å². The molecule has 0 saturated carbocycles. The highest BCUT2D eigenvalue weighted by molar-refractivity contribution is 7.89. The van der Waals surface area contributed by atoms with Gasteiger partial charge < -0.3 is 4.74 Å². The number of fused-ring (bicyclic) bond motifs is 1. The van der Waals surface area contributed by atoms with Crippen molar-refractivity contribution in [3.63, 3.8) is 0 Å². The third-order valence-corrected chi connectivity index (χ3v) is 6.80. The SMILES string of the molecule is CNS(=O)(=O)c1ccc(Oc2ccc(C(F)(F)F)cc2)c(-c2ccc3scnc3c2)c1. The number of hydrogen-bond acceptors (Lipinski definition) is 5. The van der Waals surface area contributed by atoms with Crippen LogP contribution in [-0.2, 0) is 16.2 Å². The van der Waals surface area contributed by atoms with Crippen molar-refractivity contribution < 1.29 is 26.3 Å². The van der Waals surface area contributed by atoms with Crippen LogP contribution in [0.2, 0.25) is 0 Å². The highest BCUT2D eigenvalue weighted by atomic mass is 32.2. The largest absolute Gasteiger partial charge is 0.457 e. The summed E-state index contributed by atoms with van der Waals surface area (Å²) in [4.78, 5) is 4.31. The molecule has 1 heterocycles. The molecule has 4 rings (SSSR count). The van der Waals surface area contributed by atoms with E-state index in [0.717, 1.165) is 22.3 Å². The Morgan fingerprint density at radius 2 is 1.74 bits per heavy atom. The number of rotatable bonds is 5. The Hall–Kier alpha value is -2.95. The number of aromatic nitrogens is 1. The molecule has 1 N–H and O–H groups in total. The van der Waals surface area contributed by atoms with Gasteiger partial charge in [0.1, 0.15) is 11.5 Å². The molecule has 0 aliphatic rings. The van der Waals surface area contributed by atoms with Crippen molar-refractivity contribution >= 4 is 31.6 Å². The van der Waals surface area contributed by atoms with Crippen molar-refractivity contribution in [1.82, 2.24) is 9.71 Å². The molecule has 0 saturated heterocycles. The third kappa shape index (κ3) is 4.41. The maximum absolute atomic E-state index is 12.8. The number of alkyl halides is 3. The van der Waals surface area contributed by atoms with E-state index in [0.29, 0.717) is 16.9 Å². The number of thiazole rings is 1. The van der Waals surface area contributed by atoms with Crippen LogP contribution in [0.5, 0.6) is 11.5 Å². The van der Waals surface area contributed by atoms with Gasteiger partial charge in [0.05, 0.1) is 26.2 Å². The molecule has 0 aliphatic heterocycles. The van der Waals surface area contributed by atoms with Crippen molar-refractivity contribution in [2.75, 3.05) is 7.05 Å². The molecule has 0 fully saturated rings. The van der Waals surface area contributed by atoms with Crippen LogP contribution in [0.15, 0.2) is 71.1 Å². The number of nitrogens with one attached hydrogen (secondary N) is 1. The van der Waals surface area contributed by atoms with Crippen molar-refractivity contribution in [2.45, 2.75) is 11.1 Å². The second-order valence-electron chi connectivity index (χ2n) is 6.52. The van der Waals surface area contributed by atoms with E-state index in [1.165, 1.54) is 48.7 Å². The molecule has 160 valence electrons. The van der Waals surface area contributed by atoms with Gasteiger partial charge in [0.25, 0.3) is 0 Å². The van der Waals surface area contributed by atoms with Crippen LogP contribution in [0.1, 0.15) is 5.56 Å². The van der Waals surface area contributed by atoms with E-state index >= 15 is 0 Å². The lowest BCUT2D eigenvalue weighted by Crippen LogP contribution is -2.18. The zero-order valence-electron chi connectivity index (χ0n) is 16.0. The molecule has 0 aliphatic carbocycles. The third-order valence-electron chi connectivity index (χ3n) is 4.58. The lowest BCUT2D eigenvalue weighted by Gasteiger charge is -2.14. The summed E-state index contributed by atoms with van der Waals surface area (Å²) in [6.07, 6.45) is -4.45. The molecule has 1 aromatic heterocycles. The number of ether oxygens (including phenoxy) is 1. The average molecular weight is 464 g/mol. The fraction of sp³-hybridized carbons (Fsp3) is 0.0952. The normalized spacial score (nSPS) is 12.3. The van der Waals surface area contributed by atoms with Crippen LogP contribution in [0, 0.1) is 0 Å². The summed E-state index contributed by atoms with van der Waals surface area (Å²) in [5.41, 5.74) is 2.78. The molecule has 31 heavy (non-hydrogen) atoms. The summed E-state index contributed by atoms with van der Waals surface area (Å²) in [5.74, 6) is 0.484. The van der Waals surface area contributed by atoms with Gasteiger partial charge in [-0.25, -0.2) is 18.1 Å². The van der Waals surface area contributed by atoms with Crippen molar-refractivity contribution in [1.29, 1.82) is 0 Å². The smallest absolute Gasteiger partial charge is 0.416 e. The van der Waals surface area contributed by atoms with Gasteiger partial charge in [0.15, 0.2) is 0 Å². The number of benzene rings is 3. The van der Waals surface area contributed by atoms with Gasteiger partial charge in [-0.3, -0.25) is 0 Å². The molecular formula is C21H15F3N2O3S2. The summed E-state index contributed by atoms with van der Waals surface area (Å²) in [6.45, 7) is 0. The van der Waals surface area contributed by atoms with Crippen LogP contribution >= 0.6 is 11.3 Å². The van der Waals surface area contributed by atoms with Gasteiger partial charge >= 0.3 is 6.18 Å². The van der Waals surface area contributed by atoms with Crippen LogP contribution in [0.3, 0.4) is 0 Å². The van der Waals surface area contributed by atoms with E-state index in [-0.39, 0.29) is 10.6 Å². The molecule has 0 bridgehead atoms. The lowest BCUT2D eigenvalue weighted by molar-refractivity contribution is -0.137. The molecule has 0 amide bonds. The van der Waals surface area contributed by atoms with E-state index in [9.17, 15) is 21.6 Å². The topological polar surface area (TPSA) is 68.3 Å². The molecule has 3 aromatic carbocycles. The van der Waals surface area contributed by atoms with Gasteiger partial charge in [0, 0.05) is 5.56 Å². The lowest BCUT2D eigenvalue weighted by atomic mass is 10.0. The fourth-order valence-corrected chi connectivity index (χ4v) is 4.39. The Morgan fingerprint density at radius 1 is 1.00 bits per heavy atom. The van der Waals surface area contributed by atoms with Gasteiger partial charge in [-0.2, -0.15) is 13.2 Å². The highest BCUT2D eigenvalue weighted by Gasteiger charge is 2.30. The number of halogens is 3. The minimum absolute atomic E-state index is 0.0307. The predicted molar refractivity (Wildman–Crippen MR) is 113 cm³/mol. The summed E-state index contributed by atoms with van der Waals surface area (Å²) in [5, 5.41) is 0. The number of sulfonamides is 1. The van der Waals surface area contributed by atoms with E-state index in [4.69, 9.17) is 4.74 Å². The van der Waals surface area contributed by atoms with E-state index in [1.54, 1.807) is 11.6 Å². The highest BCUT2D eigenvalue weighted by Crippen LogP contribution is 2.38. The zero-order valence-corrected chi connectivity index (χ0v) is 17.6. The number of nitrogens with zero attached hydrogens (tertiary/aromatic N) is 1. The summed E-state index contributed by atoms with van der Waals surface area (Å²) in [7, 11) is -2.41. The predicted octanol–water partition coefficient (Wildman–Crippen LogP) is 5.68. The van der Waals surface area contributed by atoms with Gasteiger partial charge in [-0.15, -0.1) is 11.3 Å². The van der Waals surface area contributed by atoms with Crippen LogP contribution in [0.25, 0.3) is 21.3 Å². The van der Waals surface area contributed by atoms with Crippen LogP contribution in [0.4, 0.5) is 13.2 Å². The first-order valence-electron chi connectivity index (χ1n) is 8.94. The second-order valence-corrected chi connectivity index (χ2v) is 9.30. The molecule has 0 spiro atoms. The minimum Gasteiger partial charge on any atom is -0.457 e. The monoisotopic (exact) mass is 464 g/mol. The van der Waals surface area contributed by atoms with Gasteiger partial charge in [-0.1, -0.05) is 6.07 Å². The summed E-state index contributed by atoms with van der Waals surface area (Å²) in [6, 6.07) is 14.1. The quantitative estimate of drug-likeness (QED) is 0.413. The first-order valence-corrected chi connectivity index (χ1v) is 11.3. The number of hydrogen-bond donors (Lipinski definition) is 1. The van der Waals surface area contributed by atoms with Gasteiger partial charge in [0.2, 0.25) is 10.0 Å². The Kier molecular flexibility index (Phi) is 5.46.